The van der Waals surface area contributed by atoms with Gasteiger partial charge in [-0.15, -0.1) is 0 Å². The average Bonchev–Trinajstić information content (AvgIpc) is 1.56. The summed E-state index contributed by atoms with van der Waals surface area (Å²) in [4.78, 5) is 0. The highest BCUT2D eigenvalue weighted by Gasteiger charge is 2.27. The van der Waals surface area contributed by atoms with E-state index in [4.69, 9.17) is 13.3 Å². The van der Waals surface area contributed by atoms with Crippen LogP contribution in [0.1, 0.15) is 0 Å². The van der Waals surface area contributed by atoms with E-state index in [-0.39, 0.29) is 0 Å². The molecule has 630 valence electrons. The molecule has 9 nitrogen and oxygen atoms in total. The highest BCUT2D eigenvalue weighted by molar-refractivity contribution is 6.28. The zero-order valence-corrected chi connectivity index (χ0v) is 72.9. The molecule has 30 aromatic rings. The molecule has 9 heteroatoms. The second-order valence-corrected chi connectivity index (χ2v) is 35.3. The fourth-order valence-corrected chi connectivity index (χ4v) is 22.0. The first-order chi connectivity index (χ1) is 67.0. The first-order valence-electron chi connectivity index (χ1n) is 46.1. The Morgan fingerprint density at radius 2 is 0.378 bits per heavy atom. The maximum atomic E-state index is 6.60. The van der Waals surface area contributed by atoms with Crippen LogP contribution in [0.5, 0.6) is 0 Å². The van der Waals surface area contributed by atoms with Crippen molar-refractivity contribution in [3.8, 4) is 67.5 Å². The van der Waals surface area contributed by atoms with Gasteiger partial charge in [-0.25, -0.2) is 0 Å². The van der Waals surface area contributed by atoms with E-state index in [9.17, 15) is 0 Å². The second-order valence-electron chi connectivity index (χ2n) is 35.3. The highest BCUT2D eigenvalue weighted by atomic mass is 16.3. The molecule has 30 rings (SSSR count). The van der Waals surface area contributed by atoms with E-state index in [0.717, 1.165) is 110 Å². The van der Waals surface area contributed by atoms with E-state index in [2.05, 4.69) is 482 Å². The molecule has 0 aliphatic rings. The number of furan rings is 3. The molecule has 0 saturated carbocycles. The summed E-state index contributed by atoms with van der Waals surface area (Å²) in [6.45, 7) is 0. The molecule has 135 heavy (non-hydrogen) atoms. The van der Waals surface area contributed by atoms with Crippen LogP contribution in [0.3, 0.4) is 0 Å². The number of rotatable bonds is 9. The summed E-state index contributed by atoms with van der Waals surface area (Å²) in [5.41, 5.74) is 33.8. The molecule has 0 atom stereocenters. The van der Waals surface area contributed by atoms with E-state index in [1.807, 2.05) is 18.2 Å². The first-order valence-corrected chi connectivity index (χ1v) is 46.1. The molecule has 0 saturated heterocycles. The lowest BCUT2D eigenvalue weighted by molar-refractivity contribution is 0.669. The monoisotopic (exact) mass is 1720 g/mol. The van der Waals surface area contributed by atoms with E-state index in [1.165, 1.54) is 154 Å². The molecule has 0 radical (unpaired) electrons. The number of fused-ring (bicyclic) bond motifs is 30. The summed E-state index contributed by atoms with van der Waals surface area (Å²) < 4.78 is 33.7. The van der Waals surface area contributed by atoms with Crippen molar-refractivity contribution in [3.05, 3.63) is 473 Å². The van der Waals surface area contributed by atoms with E-state index in [0.29, 0.717) is 0 Å². The summed E-state index contributed by atoms with van der Waals surface area (Å²) in [6, 6.07) is 169. The van der Waals surface area contributed by atoms with Gasteiger partial charge in [-0.1, -0.05) is 261 Å². The fourth-order valence-electron chi connectivity index (χ4n) is 22.0. The Kier molecular flexibility index (Phi) is 17.0. The van der Waals surface area contributed by atoms with Gasteiger partial charge in [-0.3, -0.25) is 0 Å². The minimum Gasteiger partial charge on any atom is -0.456 e. The SMILES string of the molecule is c1ccc(-n2c3ccccc3c3cc(-c4ccc5c(c4)c4c6oc7ccccc7c6ccc4n5-c4ccccc4)ccc32)cc1.c1ccc(-n2c3ccccc3c3cc(-c4ccc5c(c4)c4ccc6c7ccccc7oc6c4n5-c4ccccc4)ccc32)cc1.c1ccc(-n2c3ccccc3c3cc(-c4ccc5c(c4)c4ccc6oc7ccccc7c6c4n5-c4ccccc4)ccc32)cc1. The number of para-hydroxylation sites is 12. The Balaban J connectivity index is 0.000000101. The zero-order chi connectivity index (χ0) is 88.5. The summed E-state index contributed by atoms with van der Waals surface area (Å²) in [5.74, 6) is 0. The van der Waals surface area contributed by atoms with Crippen molar-refractivity contribution in [2.75, 3.05) is 0 Å². The molecule has 21 aromatic carbocycles. The van der Waals surface area contributed by atoms with Gasteiger partial charge in [-0.05, 0) is 246 Å². The average molecular weight is 1720 g/mol. The second kappa shape index (κ2) is 30.2. The van der Waals surface area contributed by atoms with E-state index in [1.54, 1.807) is 0 Å². The van der Waals surface area contributed by atoms with E-state index < -0.39 is 0 Å². The van der Waals surface area contributed by atoms with Crippen molar-refractivity contribution in [1.29, 1.82) is 0 Å². The van der Waals surface area contributed by atoms with Crippen molar-refractivity contribution >= 4 is 197 Å². The molecule has 0 aliphatic heterocycles. The van der Waals surface area contributed by atoms with Gasteiger partial charge in [-0.2, -0.15) is 0 Å². The quantitative estimate of drug-likeness (QED) is 0.145. The third-order valence-electron chi connectivity index (χ3n) is 27.9. The molecule has 9 aromatic heterocycles. The predicted molar refractivity (Wildman–Crippen MR) is 564 cm³/mol. The zero-order valence-electron chi connectivity index (χ0n) is 72.9. The van der Waals surface area contributed by atoms with Gasteiger partial charge in [0.1, 0.15) is 27.9 Å². The molecule has 0 fully saturated rings. The Labute approximate surface area is 772 Å². The maximum absolute atomic E-state index is 6.60. The fraction of sp³-hybridized carbons (Fsp3) is 0. The van der Waals surface area contributed by atoms with Gasteiger partial charge in [0, 0.05) is 120 Å². The van der Waals surface area contributed by atoms with Crippen molar-refractivity contribution in [3.63, 3.8) is 0 Å². The summed E-state index contributed by atoms with van der Waals surface area (Å²) in [7, 11) is 0. The molecule has 0 aliphatic carbocycles. The van der Waals surface area contributed by atoms with Crippen LogP contribution >= 0.6 is 0 Å². The molecule has 0 amide bonds. The molecule has 0 bridgehead atoms. The summed E-state index contributed by atoms with van der Waals surface area (Å²) in [5, 5.41) is 21.6. The van der Waals surface area contributed by atoms with Crippen LogP contribution < -0.4 is 0 Å². The van der Waals surface area contributed by atoms with Crippen LogP contribution in [0, 0.1) is 0 Å². The van der Waals surface area contributed by atoms with Gasteiger partial charge in [0.15, 0.2) is 5.58 Å². The minimum absolute atomic E-state index is 0.907. The van der Waals surface area contributed by atoms with Gasteiger partial charge in [0.05, 0.1) is 77.0 Å². The summed E-state index contributed by atoms with van der Waals surface area (Å²) in [6.07, 6.45) is 0. The number of hydrogen-bond donors (Lipinski definition) is 0. The minimum atomic E-state index is 0.907. The van der Waals surface area contributed by atoms with E-state index >= 15 is 0 Å². The first kappa shape index (κ1) is 75.8. The molecule has 0 unspecified atom stereocenters. The van der Waals surface area contributed by atoms with Crippen molar-refractivity contribution in [2.24, 2.45) is 0 Å². The molecular weight excluding hydrogens is 1650 g/mol. The lowest BCUT2D eigenvalue weighted by Crippen LogP contribution is -1.93. The van der Waals surface area contributed by atoms with Crippen molar-refractivity contribution < 1.29 is 13.3 Å². The lowest BCUT2D eigenvalue weighted by atomic mass is 10.00. The Hall–Kier alpha value is -18.2. The Bertz CT molecular complexity index is 10100. The number of aromatic nitrogens is 6. The van der Waals surface area contributed by atoms with Gasteiger partial charge < -0.3 is 40.7 Å². The standard InChI is InChI=1S/3C42H26N2O/c1-3-11-29(12-4-1)43-37-17-9-7-15-31(37)35-25-27(19-23-38(35)43)28-20-24-39-36(26-28)33-21-22-34-32-16-8-10-18-40(32)45-42(34)41(33)44(39)30-13-5-2-6-14-30;1-3-11-29(12-4-1)43-36-17-9-7-15-31(36)34-25-27(19-22-37(34)43)28-20-23-38-35(26-28)32-21-24-40-41(33-16-8-10-18-39(33)45-40)42(32)44(38)30-13-5-2-6-14-30;1-3-11-29(12-4-1)43-36-17-9-7-15-31(36)34-25-27(19-22-37(34)43)28-20-23-38-35(26-28)41-39(44(38)30-13-5-2-6-14-30)24-21-33-32-16-8-10-18-40(32)45-42(33)41/h3*1-26H. The maximum Gasteiger partial charge on any atom is 0.160 e. The topological polar surface area (TPSA) is 69.0 Å². The molecule has 0 spiro atoms. The van der Waals surface area contributed by atoms with Gasteiger partial charge in [0.25, 0.3) is 0 Å². The predicted octanol–water partition coefficient (Wildman–Crippen LogP) is 34.3. The van der Waals surface area contributed by atoms with Crippen LogP contribution in [0.2, 0.25) is 0 Å². The molecule has 9 heterocycles. The number of hydrogen-bond acceptors (Lipinski definition) is 3. The normalized spacial score (nSPS) is 12.0. The third-order valence-corrected chi connectivity index (χ3v) is 27.9. The smallest absolute Gasteiger partial charge is 0.160 e. The number of nitrogens with zero attached hydrogens (tertiary/aromatic N) is 6. The van der Waals surface area contributed by atoms with Crippen LogP contribution in [0.15, 0.2) is 486 Å². The largest absolute Gasteiger partial charge is 0.456 e. The Morgan fingerprint density at radius 1 is 0.126 bits per heavy atom. The van der Waals surface area contributed by atoms with Crippen LogP contribution in [-0.4, -0.2) is 27.4 Å². The van der Waals surface area contributed by atoms with Gasteiger partial charge >= 0.3 is 0 Å². The molecular formula is C126H78N6O3. The highest BCUT2D eigenvalue weighted by Crippen LogP contribution is 2.49. The van der Waals surface area contributed by atoms with Crippen molar-refractivity contribution in [1.82, 2.24) is 27.4 Å². The summed E-state index contributed by atoms with van der Waals surface area (Å²) >= 11 is 0. The molecule has 0 N–H and O–H groups in total. The lowest BCUT2D eigenvalue weighted by Gasteiger charge is -2.09. The van der Waals surface area contributed by atoms with Crippen LogP contribution in [-0.2, 0) is 0 Å². The Morgan fingerprint density at radius 3 is 0.785 bits per heavy atom. The van der Waals surface area contributed by atoms with Crippen molar-refractivity contribution in [2.45, 2.75) is 0 Å². The van der Waals surface area contributed by atoms with Gasteiger partial charge in [0.2, 0.25) is 0 Å². The van der Waals surface area contributed by atoms with Crippen LogP contribution in [0.4, 0.5) is 0 Å². The number of benzene rings is 21. The van der Waals surface area contributed by atoms with Crippen LogP contribution in [0.25, 0.3) is 264 Å². The third kappa shape index (κ3) is 11.8.